The van der Waals surface area contributed by atoms with Crippen LogP contribution in [0.3, 0.4) is 0 Å². The third-order valence-corrected chi connectivity index (χ3v) is 6.09. The van der Waals surface area contributed by atoms with Crippen molar-refractivity contribution in [1.29, 1.82) is 0 Å². The Labute approximate surface area is 209 Å². The van der Waals surface area contributed by atoms with Crippen molar-refractivity contribution in [3.63, 3.8) is 0 Å². The molecule has 0 saturated carbocycles. The molecule has 0 aliphatic carbocycles. The van der Waals surface area contributed by atoms with Crippen LogP contribution in [0, 0.1) is 12.7 Å². The number of benzene rings is 3. The summed E-state index contributed by atoms with van der Waals surface area (Å²) in [6.45, 7) is 3.07. The zero-order valence-electron chi connectivity index (χ0n) is 20.2. The van der Waals surface area contributed by atoms with E-state index in [9.17, 15) is 19.1 Å². The number of hydrogen-bond acceptors (Lipinski definition) is 5. The number of methoxy groups -OCH3 is 1. The molecule has 186 valence electrons. The maximum atomic E-state index is 13.6. The second-order valence-electron chi connectivity index (χ2n) is 8.69. The first-order chi connectivity index (χ1) is 17.4. The van der Waals surface area contributed by atoms with E-state index in [1.165, 1.54) is 29.2 Å². The van der Waals surface area contributed by atoms with Crippen molar-refractivity contribution in [1.82, 2.24) is 4.90 Å². The Bertz CT molecular complexity index is 1270. The van der Waals surface area contributed by atoms with E-state index in [-0.39, 0.29) is 17.9 Å². The molecule has 0 aromatic heterocycles. The summed E-state index contributed by atoms with van der Waals surface area (Å²) < 4.78 is 24.5. The molecule has 7 heteroatoms. The van der Waals surface area contributed by atoms with E-state index in [0.717, 1.165) is 11.1 Å². The highest BCUT2D eigenvalue weighted by Gasteiger charge is 2.45. The second-order valence-corrected chi connectivity index (χ2v) is 8.69. The molecule has 1 fully saturated rings. The average molecular weight is 490 g/mol. The molecule has 1 N–H and O–H groups in total. The standard InChI is InChI=1S/C29H28FNO5/c1-19-5-3-6-20(17-19)18-36-24-13-9-22(10-14-24)27(32)25-26(21-7-11-23(30)12-8-21)31(15-4-16-35-2)29(34)28(25)33/h3,5-14,17,26,32H,4,15-16,18H2,1-2H3/t26-/m1/s1. The SMILES string of the molecule is COCCCN1C(=O)C(=O)C(=C(O)c2ccc(OCc3cccc(C)c3)cc2)[C@H]1c1ccc(F)cc1. The molecule has 3 aromatic carbocycles. The van der Waals surface area contributed by atoms with E-state index in [2.05, 4.69) is 0 Å². The van der Waals surface area contributed by atoms with Crippen LogP contribution in [0.5, 0.6) is 5.75 Å². The zero-order chi connectivity index (χ0) is 25.7. The normalized spacial score (nSPS) is 17.0. The molecule has 1 atom stereocenters. The van der Waals surface area contributed by atoms with Gasteiger partial charge >= 0.3 is 0 Å². The minimum Gasteiger partial charge on any atom is -0.507 e. The smallest absolute Gasteiger partial charge is 0.295 e. The van der Waals surface area contributed by atoms with Crippen LogP contribution in [-0.4, -0.2) is 42.0 Å². The monoisotopic (exact) mass is 489 g/mol. The number of rotatable bonds is 9. The quantitative estimate of drug-likeness (QED) is 0.194. The number of aliphatic hydroxyl groups is 1. The Morgan fingerprint density at radius 3 is 2.42 bits per heavy atom. The van der Waals surface area contributed by atoms with Crippen molar-refractivity contribution in [3.8, 4) is 5.75 Å². The molecule has 1 saturated heterocycles. The first-order valence-electron chi connectivity index (χ1n) is 11.7. The van der Waals surface area contributed by atoms with E-state index < -0.39 is 23.5 Å². The molecular weight excluding hydrogens is 461 g/mol. The highest BCUT2D eigenvalue weighted by molar-refractivity contribution is 6.46. The summed E-state index contributed by atoms with van der Waals surface area (Å²) >= 11 is 0. The minimum atomic E-state index is -0.834. The molecule has 1 heterocycles. The number of Topliss-reactive ketones (excluding diaryl/α,β-unsaturated/α-hetero) is 1. The van der Waals surface area contributed by atoms with Gasteiger partial charge in [0.05, 0.1) is 11.6 Å². The fourth-order valence-corrected chi connectivity index (χ4v) is 4.31. The summed E-state index contributed by atoms with van der Waals surface area (Å²) in [5.74, 6) is -1.61. The van der Waals surface area contributed by atoms with Gasteiger partial charge in [0.2, 0.25) is 0 Å². The van der Waals surface area contributed by atoms with Crippen molar-refractivity contribution >= 4 is 17.4 Å². The highest BCUT2D eigenvalue weighted by Crippen LogP contribution is 2.39. The summed E-state index contributed by atoms with van der Waals surface area (Å²) in [6, 6.07) is 19.4. The van der Waals surface area contributed by atoms with Crippen LogP contribution in [0.25, 0.3) is 5.76 Å². The lowest BCUT2D eigenvalue weighted by atomic mass is 9.95. The van der Waals surface area contributed by atoms with Crippen LogP contribution < -0.4 is 4.74 Å². The van der Waals surface area contributed by atoms with Crippen LogP contribution in [0.4, 0.5) is 4.39 Å². The van der Waals surface area contributed by atoms with Crippen LogP contribution >= 0.6 is 0 Å². The number of hydrogen-bond donors (Lipinski definition) is 1. The van der Waals surface area contributed by atoms with E-state index >= 15 is 0 Å². The Morgan fingerprint density at radius 1 is 1.03 bits per heavy atom. The van der Waals surface area contributed by atoms with Crippen LogP contribution in [0.1, 0.15) is 34.7 Å². The Hall–Kier alpha value is -3.97. The zero-order valence-corrected chi connectivity index (χ0v) is 20.2. The van der Waals surface area contributed by atoms with Gasteiger partial charge in [-0.3, -0.25) is 9.59 Å². The molecule has 1 amide bonds. The minimum absolute atomic E-state index is 0.0301. The Kier molecular flexibility index (Phi) is 7.80. The molecule has 0 spiro atoms. The van der Waals surface area contributed by atoms with Gasteiger partial charge in [-0.2, -0.15) is 0 Å². The molecule has 36 heavy (non-hydrogen) atoms. The molecule has 0 unspecified atom stereocenters. The van der Waals surface area contributed by atoms with E-state index in [4.69, 9.17) is 9.47 Å². The molecular formula is C29H28FNO5. The summed E-state index contributed by atoms with van der Waals surface area (Å²) in [6.07, 6.45) is 0.508. The molecule has 0 bridgehead atoms. The van der Waals surface area contributed by atoms with Crippen molar-refractivity contribution < 1.29 is 28.6 Å². The van der Waals surface area contributed by atoms with Crippen molar-refractivity contribution in [3.05, 3.63) is 106 Å². The molecule has 4 rings (SSSR count). The van der Waals surface area contributed by atoms with Crippen LogP contribution in [0.2, 0.25) is 0 Å². The number of amides is 1. The number of ether oxygens (including phenoxy) is 2. The van der Waals surface area contributed by atoms with Gasteiger partial charge in [0.15, 0.2) is 0 Å². The van der Waals surface area contributed by atoms with Gasteiger partial charge in [0.1, 0.15) is 23.9 Å². The number of nitrogens with zero attached hydrogens (tertiary/aromatic N) is 1. The van der Waals surface area contributed by atoms with E-state index in [1.807, 2.05) is 31.2 Å². The number of halogens is 1. The summed E-state index contributed by atoms with van der Waals surface area (Å²) in [5, 5.41) is 11.2. The molecule has 1 aliphatic rings. The van der Waals surface area contributed by atoms with Crippen molar-refractivity contribution in [2.24, 2.45) is 0 Å². The molecule has 3 aromatic rings. The van der Waals surface area contributed by atoms with Crippen molar-refractivity contribution in [2.75, 3.05) is 20.3 Å². The summed E-state index contributed by atoms with van der Waals surface area (Å²) in [5.41, 5.74) is 3.06. The van der Waals surface area contributed by atoms with E-state index in [1.54, 1.807) is 31.4 Å². The van der Waals surface area contributed by atoms with Gasteiger partial charge < -0.3 is 19.5 Å². The number of ketones is 1. The van der Waals surface area contributed by atoms with Gasteiger partial charge in [-0.15, -0.1) is 0 Å². The molecule has 0 radical (unpaired) electrons. The van der Waals surface area contributed by atoms with E-state index in [0.29, 0.717) is 36.5 Å². The number of likely N-dealkylation sites (tertiary alicyclic amines) is 1. The van der Waals surface area contributed by atoms with Gasteiger partial charge in [0, 0.05) is 25.8 Å². The number of aryl methyl sites for hydroxylation is 1. The maximum absolute atomic E-state index is 13.6. The number of carbonyl (C=O) groups is 2. The fraction of sp³-hybridized carbons (Fsp3) is 0.241. The van der Waals surface area contributed by atoms with Gasteiger partial charge in [0.25, 0.3) is 11.7 Å². The van der Waals surface area contributed by atoms with Crippen LogP contribution in [0.15, 0.2) is 78.4 Å². The van der Waals surface area contributed by atoms with Crippen LogP contribution in [-0.2, 0) is 20.9 Å². The third-order valence-electron chi connectivity index (χ3n) is 6.09. The Balaban J connectivity index is 1.62. The molecule has 6 nitrogen and oxygen atoms in total. The number of aliphatic hydroxyl groups excluding tert-OH is 1. The maximum Gasteiger partial charge on any atom is 0.295 e. The highest BCUT2D eigenvalue weighted by atomic mass is 19.1. The lowest BCUT2D eigenvalue weighted by Gasteiger charge is -2.25. The first kappa shape index (κ1) is 25.1. The largest absolute Gasteiger partial charge is 0.507 e. The summed E-state index contributed by atoms with van der Waals surface area (Å²) in [4.78, 5) is 27.3. The second kappa shape index (κ2) is 11.2. The fourth-order valence-electron chi connectivity index (χ4n) is 4.31. The van der Waals surface area contributed by atoms with Gasteiger partial charge in [-0.25, -0.2) is 4.39 Å². The molecule has 1 aliphatic heterocycles. The third kappa shape index (κ3) is 5.47. The Morgan fingerprint density at radius 2 is 1.75 bits per heavy atom. The number of carbonyl (C=O) groups excluding carboxylic acids is 2. The lowest BCUT2D eigenvalue weighted by Crippen LogP contribution is -2.31. The topological polar surface area (TPSA) is 76.1 Å². The average Bonchev–Trinajstić information content (AvgIpc) is 3.13. The predicted molar refractivity (Wildman–Crippen MR) is 134 cm³/mol. The lowest BCUT2D eigenvalue weighted by molar-refractivity contribution is -0.140. The van der Waals surface area contributed by atoms with Gasteiger partial charge in [-0.05, 0) is 60.9 Å². The summed E-state index contributed by atoms with van der Waals surface area (Å²) in [7, 11) is 1.56. The van der Waals surface area contributed by atoms with Gasteiger partial charge in [-0.1, -0.05) is 42.0 Å². The van der Waals surface area contributed by atoms with Crippen molar-refractivity contribution in [2.45, 2.75) is 26.0 Å². The first-order valence-corrected chi connectivity index (χ1v) is 11.7. The predicted octanol–water partition coefficient (Wildman–Crippen LogP) is 5.17.